The maximum Gasteiger partial charge on any atom is 0.325 e. The van der Waals surface area contributed by atoms with Crippen molar-refractivity contribution in [3.05, 3.63) is 35.9 Å². The van der Waals surface area contributed by atoms with E-state index in [9.17, 15) is 20.1 Å². The molecule has 0 bridgehead atoms. The number of hydrogen-bond donors (Lipinski definition) is 4. The Morgan fingerprint density at radius 3 is 2.32 bits per heavy atom. The lowest BCUT2D eigenvalue weighted by Crippen LogP contribution is -2.62. The van der Waals surface area contributed by atoms with Gasteiger partial charge in [0.05, 0.1) is 29.5 Å². The molecule has 262 valence electrons. The summed E-state index contributed by atoms with van der Waals surface area (Å²) < 4.78 is 13.0. The van der Waals surface area contributed by atoms with Crippen LogP contribution < -0.4 is 4.84 Å². The van der Waals surface area contributed by atoms with Crippen molar-refractivity contribution in [1.82, 2.24) is 4.84 Å². The molecule has 5 aliphatic carbocycles. The molecule has 7 rings (SSSR count). The van der Waals surface area contributed by atoms with E-state index in [-0.39, 0.29) is 51.7 Å². The van der Waals surface area contributed by atoms with Gasteiger partial charge in [-0.1, -0.05) is 58.0 Å². The second-order valence-electron chi connectivity index (χ2n) is 18.7. The van der Waals surface area contributed by atoms with E-state index >= 15 is 0 Å². The Hall–Kier alpha value is -1.22. The molecule has 4 N–H and O–H groups in total. The van der Waals surface area contributed by atoms with Crippen molar-refractivity contribution in [2.75, 3.05) is 0 Å². The summed E-state index contributed by atoms with van der Waals surface area (Å²) in [6, 6.07) is 9.18. The van der Waals surface area contributed by atoms with Crippen LogP contribution in [0.2, 0.25) is 0 Å². The average Bonchev–Trinajstić information content (AvgIpc) is 3.34. The Bertz CT molecular complexity index is 1380. The number of halogens is 1. The van der Waals surface area contributed by atoms with Gasteiger partial charge in [0.15, 0.2) is 0 Å². The maximum absolute atomic E-state index is 13.5. The molecule has 6 fully saturated rings. The van der Waals surface area contributed by atoms with Crippen molar-refractivity contribution in [2.45, 2.75) is 154 Å². The van der Waals surface area contributed by atoms with Crippen LogP contribution in [0, 0.1) is 44.8 Å². The number of fused-ring (bicyclic) bond motifs is 2. The highest BCUT2D eigenvalue weighted by molar-refractivity contribution is 6.14. The third-order valence-corrected chi connectivity index (χ3v) is 16.0. The fraction of sp³-hybridized carbons (Fsp3) is 0.821. The number of hydrogen-bond acceptors (Lipinski definition) is 7. The van der Waals surface area contributed by atoms with E-state index in [1.807, 2.05) is 44.2 Å². The minimum atomic E-state index is -0.922. The van der Waals surface area contributed by atoms with Crippen molar-refractivity contribution in [1.29, 1.82) is 0 Å². The molecule has 2 unspecified atom stereocenters. The first kappa shape index (κ1) is 34.2. The normalized spacial score (nSPS) is 48.9. The summed E-state index contributed by atoms with van der Waals surface area (Å²) in [6.07, 6.45) is 6.92. The van der Waals surface area contributed by atoms with Crippen LogP contribution >= 0.6 is 11.8 Å². The molecule has 6 aliphatic rings. The van der Waals surface area contributed by atoms with Crippen molar-refractivity contribution in [3.8, 4) is 0 Å². The Morgan fingerprint density at radius 2 is 1.68 bits per heavy atom. The van der Waals surface area contributed by atoms with Crippen molar-refractivity contribution >= 4 is 17.7 Å². The molecule has 2 spiro atoms. The number of ether oxygens (including phenoxy) is 2. The van der Waals surface area contributed by atoms with E-state index in [0.29, 0.717) is 18.8 Å². The molecule has 1 heterocycles. The van der Waals surface area contributed by atoms with Crippen LogP contribution in [0.1, 0.15) is 112 Å². The first-order valence-corrected chi connectivity index (χ1v) is 18.6. The van der Waals surface area contributed by atoms with Crippen LogP contribution in [0.4, 0.5) is 0 Å². The van der Waals surface area contributed by atoms with Gasteiger partial charge in [-0.05, 0) is 136 Å². The lowest BCUT2D eigenvalue weighted by atomic mass is 9.41. The Labute approximate surface area is 286 Å². The predicted octanol–water partition coefficient (Wildman–Crippen LogP) is 6.34. The van der Waals surface area contributed by atoms with Gasteiger partial charge in [0.25, 0.3) is 0 Å². The fourth-order valence-corrected chi connectivity index (χ4v) is 13.7. The van der Waals surface area contributed by atoms with Gasteiger partial charge in [0.1, 0.15) is 12.1 Å². The second kappa shape index (κ2) is 10.9. The monoisotopic (exact) mass is 671 g/mol. The molecule has 1 aromatic rings. The third-order valence-electron chi connectivity index (χ3n) is 15.7. The molecule has 0 radical (unpaired) electrons. The summed E-state index contributed by atoms with van der Waals surface area (Å²) in [6.45, 7) is 15.0. The molecule has 47 heavy (non-hydrogen) atoms. The van der Waals surface area contributed by atoms with Crippen LogP contribution in [-0.2, 0) is 20.7 Å². The summed E-state index contributed by atoms with van der Waals surface area (Å²) in [7, 11) is 0. The summed E-state index contributed by atoms with van der Waals surface area (Å²) >= 11 is 6.08. The largest absolute Gasteiger partial charge is 0.461 e. The molecule has 0 amide bonds. The van der Waals surface area contributed by atoms with E-state index < -0.39 is 34.9 Å². The highest BCUT2D eigenvalue weighted by Gasteiger charge is 2.85. The summed E-state index contributed by atoms with van der Waals surface area (Å²) in [5.41, 5.74) is -0.953. The quantitative estimate of drug-likeness (QED) is 0.198. The van der Waals surface area contributed by atoms with Crippen molar-refractivity contribution < 1.29 is 29.6 Å². The van der Waals surface area contributed by atoms with Crippen LogP contribution in [-0.4, -0.2) is 62.9 Å². The van der Waals surface area contributed by atoms with Gasteiger partial charge in [0.2, 0.25) is 0 Å². The van der Waals surface area contributed by atoms with Crippen molar-refractivity contribution in [2.24, 2.45) is 44.8 Å². The summed E-state index contributed by atoms with van der Waals surface area (Å²) in [4.78, 5) is 16.1. The molecular formula is C39H58ClNO6. The molecule has 1 saturated heterocycles. The Balaban J connectivity index is 1.12. The zero-order chi connectivity index (χ0) is 34.0. The Kier molecular flexibility index (Phi) is 7.93. The fourth-order valence-electron chi connectivity index (χ4n) is 13.6. The van der Waals surface area contributed by atoms with Gasteiger partial charge in [-0.3, -0.25) is 4.79 Å². The van der Waals surface area contributed by atoms with E-state index in [1.54, 1.807) is 0 Å². The summed E-state index contributed by atoms with van der Waals surface area (Å²) in [5.74, 6) is -0.0267. The lowest BCUT2D eigenvalue weighted by molar-refractivity contribution is -0.218. The smallest absolute Gasteiger partial charge is 0.325 e. The SMILES string of the molecule is CC(C)(O)[C@@H]1CC[C@](C)([C@H]2[C@@H](O)C[C@@]3(C)C4C[C@H](O)[C@H]5C(C)(C)[C@@H](OC(=O)[C@H](Cc6ccccc6)NCl)CC[C@@]56CC46CC[C@]23C)O1. The van der Waals surface area contributed by atoms with Crippen LogP contribution in [0.15, 0.2) is 30.3 Å². The molecule has 1 aromatic carbocycles. The standard InChI is InChI=1S/C39H58ClNO6/c1-33(2)28(46-32(44)24(41-40)19-23-11-9-8-10-12-23)14-16-39-22-38(39)18-17-35(5)31(37(7)15-13-29(47-37)34(3,4)45)26(43)21-36(35,6)27(38)20-25(42)30(33)39/h8-12,24-31,41-43,45H,13-22H2,1-7H3/t24-,25-,26-,27?,28-,29-,30-,31-,35+,36-,37+,38?,39+/m0/s1. The van der Waals surface area contributed by atoms with E-state index in [0.717, 1.165) is 56.9 Å². The molecule has 13 atom stereocenters. The molecule has 7 nitrogen and oxygen atoms in total. The molecule has 8 heteroatoms. The highest BCUT2D eigenvalue weighted by Crippen LogP contribution is 2.89. The predicted molar refractivity (Wildman–Crippen MR) is 181 cm³/mol. The first-order chi connectivity index (χ1) is 21.9. The molecule has 1 aliphatic heterocycles. The number of carbonyl (C=O) groups is 1. The van der Waals surface area contributed by atoms with Gasteiger partial charge >= 0.3 is 5.97 Å². The zero-order valence-corrected chi connectivity index (χ0v) is 30.3. The van der Waals surface area contributed by atoms with Gasteiger partial charge in [-0.15, -0.1) is 0 Å². The average molecular weight is 672 g/mol. The van der Waals surface area contributed by atoms with Gasteiger partial charge < -0.3 is 24.8 Å². The summed E-state index contributed by atoms with van der Waals surface area (Å²) in [5, 5.41) is 35.0. The van der Waals surface area contributed by atoms with Crippen molar-refractivity contribution in [3.63, 3.8) is 0 Å². The van der Waals surface area contributed by atoms with Crippen LogP contribution in [0.25, 0.3) is 0 Å². The Morgan fingerprint density at radius 1 is 0.979 bits per heavy atom. The van der Waals surface area contributed by atoms with Gasteiger partial charge in [-0.25, -0.2) is 4.84 Å². The molecule has 5 saturated carbocycles. The topological polar surface area (TPSA) is 108 Å². The first-order valence-electron chi connectivity index (χ1n) is 18.3. The van der Waals surface area contributed by atoms with E-state index in [4.69, 9.17) is 21.3 Å². The number of esters is 1. The number of rotatable bonds is 7. The number of aliphatic hydroxyl groups is 3. The van der Waals surface area contributed by atoms with E-state index in [2.05, 4.69) is 39.5 Å². The second-order valence-corrected chi connectivity index (χ2v) is 18.9. The van der Waals surface area contributed by atoms with Crippen LogP contribution in [0.5, 0.6) is 0 Å². The molecule has 0 aromatic heterocycles. The number of nitrogens with one attached hydrogen (secondary N) is 1. The number of aliphatic hydroxyl groups excluding tert-OH is 2. The minimum Gasteiger partial charge on any atom is -0.461 e. The third kappa shape index (κ3) is 4.72. The lowest BCUT2D eigenvalue weighted by Gasteiger charge is -2.64. The van der Waals surface area contributed by atoms with E-state index in [1.165, 1.54) is 0 Å². The molecular weight excluding hydrogens is 614 g/mol. The van der Waals surface area contributed by atoms with Gasteiger partial charge in [-0.2, -0.15) is 0 Å². The number of carbonyl (C=O) groups excluding carboxylic acids is 1. The number of benzene rings is 1. The van der Waals surface area contributed by atoms with Gasteiger partial charge in [0, 0.05) is 11.3 Å². The minimum absolute atomic E-state index is 0.0169. The highest BCUT2D eigenvalue weighted by atomic mass is 35.5. The van der Waals surface area contributed by atoms with Crippen LogP contribution in [0.3, 0.4) is 0 Å². The maximum atomic E-state index is 13.5. The zero-order valence-electron chi connectivity index (χ0n) is 29.5.